The van der Waals surface area contributed by atoms with E-state index in [-0.39, 0.29) is 22.3 Å². The molecule has 0 unspecified atom stereocenters. The molecule has 0 atom stereocenters. The Balaban J connectivity index is 2.83. The molecular formula is C9H5BrCl2F3NOS. The molecule has 18 heavy (non-hydrogen) atoms. The number of amides is 1. The normalized spacial score (nSPS) is 11.7. The highest BCUT2D eigenvalue weighted by atomic mass is 79.9. The van der Waals surface area contributed by atoms with Crippen molar-refractivity contribution < 1.29 is 18.0 Å². The van der Waals surface area contributed by atoms with Crippen LogP contribution < -0.4 is 5.32 Å². The summed E-state index contributed by atoms with van der Waals surface area (Å²) in [6.07, 6.45) is 0. The maximum Gasteiger partial charge on any atom is 0.446 e. The average molecular weight is 383 g/mol. The van der Waals surface area contributed by atoms with Gasteiger partial charge in [0.15, 0.2) is 4.84 Å². The summed E-state index contributed by atoms with van der Waals surface area (Å²) in [6, 6.07) is 3.80. The quantitative estimate of drug-likeness (QED) is 0.600. The summed E-state index contributed by atoms with van der Waals surface area (Å²) in [5.74, 6) is -0.657. The van der Waals surface area contributed by atoms with E-state index in [1.54, 1.807) is 0 Å². The third kappa shape index (κ3) is 5.26. The van der Waals surface area contributed by atoms with Gasteiger partial charge in [0.1, 0.15) is 0 Å². The van der Waals surface area contributed by atoms with Crippen molar-refractivity contribution in [3.63, 3.8) is 0 Å². The maximum atomic E-state index is 12.1. The highest BCUT2D eigenvalue weighted by Gasteiger charge is 2.29. The minimum Gasteiger partial charge on any atom is -0.323 e. The fourth-order valence-electron chi connectivity index (χ4n) is 0.982. The third-order valence-electron chi connectivity index (χ3n) is 1.63. The molecule has 9 heteroatoms. The SMILES string of the molecule is O=C(Nc1ccc(SC(F)(F)F)cc1Br)C(Cl)Cl. The predicted molar refractivity (Wildman–Crippen MR) is 70.2 cm³/mol. The second-order valence-corrected chi connectivity index (χ2v) is 6.07. The molecule has 1 aromatic carbocycles. The summed E-state index contributed by atoms with van der Waals surface area (Å²) in [4.78, 5) is 9.95. The summed E-state index contributed by atoms with van der Waals surface area (Å²) < 4.78 is 36.7. The van der Waals surface area contributed by atoms with Gasteiger partial charge in [0.2, 0.25) is 0 Å². The third-order valence-corrected chi connectivity index (χ3v) is 3.40. The lowest BCUT2D eigenvalue weighted by atomic mass is 10.3. The van der Waals surface area contributed by atoms with E-state index in [2.05, 4.69) is 21.2 Å². The first-order valence-electron chi connectivity index (χ1n) is 4.33. The molecule has 1 N–H and O–H groups in total. The van der Waals surface area contributed by atoms with E-state index < -0.39 is 16.3 Å². The molecule has 0 bridgehead atoms. The van der Waals surface area contributed by atoms with Gasteiger partial charge in [-0.3, -0.25) is 4.79 Å². The zero-order chi connectivity index (χ0) is 13.9. The van der Waals surface area contributed by atoms with Crippen molar-refractivity contribution in [2.24, 2.45) is 0 Å². The molecule has 0 saturated carbocycles. The lowest BCUT2D eigenvalue weighted by molar-refractivity contribution is -0.114. The molecule has 0 aliphatic heterocycles. The molecule has 0 saturated heterocycles. The topological polar surface area (TPSA) is 29.1 Å². The Morgan fingerprint density at radius 3 is 2.44 bits per heavy atom. The van der Waals surface area contributed by atoms with Gasteiger partial charge in [-0.25, -0.2) is 0 Å². The Kier molecular flexibility index (Phi) is 5.64. The highest BCUT2D eigenvalue weighted by molar-refractivity contribution is 9.10. The summed E-state index contributed by atoms with van der Waals surface area (Å²) in [5.41, 5.74) is -4.07. The number of halogens is 6. The average Bonchev–Trinajstić information content (AvgIpc) is 2.19. The van der Waals surface area contributed by atoms with E-state index in [4.69, 9.17) is 23.2 Å². The summed E-state index contributed by atoms with van der Waals surface area (Å²) in [6.45, 7) is 0. The van der Waals surface area contributed by atoms with Gasteiger partial charge in [-0.2, -0.15) is 13.2 Å². The van der Waals surface area contributed by atoms with Crippen molar-refractivity contribution in [3.8, 4) is 0 Å². The summed E-state index contributed by atoms with van der Waals surface area (Å²) in [5, 5.41) is 2.36. The molecular weight excluding hydrogens is 378 g/mol. The van der Waals surface area contributed by atoms with Gasteiger partial charge in [0.25, 0.3) is 5.91 Å². The Bertz CT molecular complexity index is 456. The van der Waals surface area contributed by atoms with Crippen molar-refractivity contribution >= 4 is 62.5 Å². The van der Waals surface area contributed by atoms with Gasteiger partial charge in [0.05, 0.1) is 5.69 Å². The number of nitrogens with one attached hydrogen (secondary N) is 1. The second kappa shape index (κ2) is 6.36. The van der Waals surface area contributed by atoms with Crippen LogP contribution in [0.15, 0.2) is 27.6 Å². The van der Waals surface area contributed by atoms with Crippen molar-refractivity contribution in [1.82, 2.24) is 0 Å². The molecule has 0 aromatic heterocycles. The Morgan fingerprint density at radius 2 is 2.00 bits per heavy atom. The van der Waals surface area contributed by atoms with E-state index in [1.165, 1.54) is 18.2 Å². The molecule has 0 aliphatic rings. The van der Waals surface area contributed by atoms with Gasteiger partial charge in [-0.1, -0.05) is 23.2 Å². The van der Waals surface area contributed by atoms with Crippen LogP contribution in [0.1, 0.15) is 0 Å². The summed E-state index contributed by atoms with van der Waals surface area (Å²) >= 11 is 13.5. The van der Waals surface area contributed by atoms with E-state index >= 15 is 0 Å². The molecule has 0 heterocycles. The second-order valence-electron chi connectivity index (χ2n) is 2.98. The van der Waals surface area contributed by atoms with Gasteiger partial charge >= 0.3 is 5.51 Å². The Labute approximate surface area is 123 Å². The number of hydrogen-bond acceptors (Lipinski definition) is 2. The summed E-state index contributed by atoms with van der Waals surface area (Å²) in [7, 11) is 0. The molecule has 1 amide bonds. The molecule has 0 radical (unpaired) electrons. The fraction of sp³-hybridized carbons (Fsp3) is 0.222. The van der Waals surface area contributed by atoms with E-state index in [1.807, 2.05) is 0 Å². The largest absolute Gasteiger partial charge is 0.446 e. The molecule has 1 rings (SSSR count). The molecule has 1 aromatic rings. The highest BCUT2D eigenvalue weighted by Crippen LogP contribution is 2.39. The van der Waals surface area contributed by atoms with Crippen LogP contribution in [0.3, 0.4) is 0 Å². The number of hydrogen-bond donors (Lipinski definition) is 1. The molecule has 0 spiro atoms. The first-order valence-corrected chi connectivity index (χ1v) is 6.81. The fourth-order valence-corrected chi connectivity index (χ4v) is 2.30. The monoisotopic (exact) mass is 381 g/mol. The smallest absolute Gasteiger partial charge is 0.323 e. The lowest BCUT2D eigenvalue weighted by Gasteiger charge is -2.10. The van der Waals surface area contributed by atoms with Gasteiger partial charge < -0.3 is 5.32 Å². The molecule has 2 nitrogen and oxygen atoms in total. The predicted octanol–water partition coefficient (Wildman–Crippen LogP) is 4.80. The van der Waals surface area contributed by atoms with Crippen molar-refractivity contribution in [3.05, 3.63) is 22.7 Å². The minimum atomic E-state index is -4.36. The zero-order valence-corrected chi connectivity index (χ0v) is 12.3. The Morgan fingerprint density at radius 1 is 1.39 bits per heavy atom. The minimum absolute atomic E-state index is 0.000621. The van der Waals surface area contributed by atoms with Gasteiger partial charge in [-0.15, -0.1) is 0 Å². The van der Waals surface area contributed by atoms with Crippen LogP contribution in [0.4, 0.5) is 18.9 Å². The van der Waals surface area contributed by atoms with Crippen molar-refractivity contribution in [1.29, 1.82) is 0 Å². The van der Waals surface area contributed by atoms with Crippen LogP contribution in [0.25, 0.3) is 0 Å². The standard InChI is InChI=1S/C9H5BrCl2F3NOS/c10-5-3-4(18-9(13,14)15)1-2-6(5)16-8(17)7(11)12/h1-3,7H,(H,16,17). The van der Waals surface area contributed by atoms with Gasteiger partial charge in [0, 0.05) is 9.37 Å². The van der Waals surface area contributed by atoms with E-state index in [0.29, 0.717) is 4.47 Å². The van der Waals surface area contributed by atoms with Crippen LogP contribution >= 0.6 is 50.9 Å². The van der Waals surface area contributed by atoms with Crippen LogP contribution in [-0.4, -0.2) is 16.3 Å². The first kappa shape index (κ1) is 15.9. The number of carbonyl (C=O) groups is 1. The maximum absolute atomic E-state index is 12.1. The number of rotatable bonds is 3. The number of thioether (sulfide) groups is 1. The van der Waals surface area contributed by atoms with E-state index in [0.717, 1.165) is 0 Å². The van der Waals surface area contributed by atoms with Crippen LogP contribution in [0.5, 0.6) is 0 Å². The lowest BCUT2D eigenvalue weighted by Crippen LogP contribution is -2.18. The Hall–Kier alpha value is -0.110. The van der Waals surface area contributed by atoms with Crippen LogP contribution in [0.2, 0.25) is 0 Å². The molecule has 0 aliphatic carbocycles. The van der Waals surface area contributed by atoms with E-state index in [9.17, 15) is 18.0 Å². The first-order chi connectivity index (χ1) is 8.19. The van der Waals surface area contributed by atoms with Crippen LogP contribution in [0, 0.1) is 0 Å². The molecule has 0 fully saturated rings. The number of carbonyl (C=O) groups excluding carboxylic acids is 1. The van der Waals surface area contributed by atoms with Crippen molar-refractivity contribution in [2.45, 2.75) is 15.2 Å². The number of benzene rings is 1. The van der Waals surface area contributed by atoms with Gasteiger partial charge in [-0.05, 0) is 45.9 Å². The number of alkyl halides is 5. The van der Waals surface area contributed by atoms with Crippen LogP contribution in [-0.2, 0) is 4.79 Å². The zero-order valence-electron chi connectivity index (χ0n) is 8.39. The van der Waals surface area contributed by atoms with Crippen molar-refractivity contribution in [2.75, 3.05) is 5.32 Å². The molecule has 100 valence electrons. The number of anilines is 1.